The number of hydrogen-bond donors (Lipinski definition) is 2. The van der Waals surface area contributed by atoms with Crippen LogP contribution < -0.4 is 11.1 Å². The molecule has 1 rings (SSSR count). The molecule has 1 heterocycles. The molecule has 0 spiro atoms. The van der Waals surface area contributed by atoms with E-state index in [-0.39, 0.29) is 6.04 Å². The van der Waals surface area contributed by atoms with Gasteiger partial charge in [0, 0.05) is 12.6 Å². The van der Waals surface area contributed by atoms with E-state index in [0.29, 0.717) is 23.8 Å². The zero-order valence-corrected chi connectivity index (χ0v) is 12.2. The molecule has 0 fully saturated rings. The zero-order chi connectivity index (χ0) is 14.4. The van der Waals surface area contributed by atoms with Crippen LogP contribution in [0.5, 0.6) is 0 Å². The number of rotatable bonds is 6. The SMILES string of the molecule is CCc1nnc(NCC(N)C(C)C)c(C#N)c1CC. The molecule has 0 aliphatic heterocycles. The van der Waals surface area contributed by atoms with Gasteiger partial charge in [-0.2, -0.15) is 10.4 Å². The molecule has 19 heavy (non-hydrogen) atoms. The number of nitrogens with two attached hydrogens (primary N) is 1. The molecule has 0 aliphatic carbocycles. The second-order valence-electron chi connectivity index (χ2n) is 4.96. The van der Waals surface area contributed by atoms with Crippen LogP contribution >= 0.6 is 0 Å². The van der Waals surface area contributed by atoms with Crippen LogP contribution in [0.1, 0.15) is 44.5 Å². The summed E-state index contributed by atoms with van der Waals surface area (Å²) >= 11 is 0. The summed E-state index contributed by atoms with van der Waals surface area (Å²) in [5.41, 5.74) is 8.48. The summed E-state index contributed by atoms with van der Waals surface area (Å²) in [7, 11) is 0. The van der Waals surface area contributed by atoms with E-state index in [4.69, 9.17) is 5.73 Å². The van der Waals surface area contributed by atoms with Crippen molar-refractivity contribution in [3.05, 3.63) is 16.8 Å². The lowest BCUT2D eigenvalue weighted by atomic mass is 10.0. The maximum Gasteiger partial charge on any atom is 0.167 e. The molecule has 0 aliphatic rings. The van der Waals surface area contributed by atoms with E-state index in [2.05, 4.69) is 35.4 Å². The Balaban J connectivity index is 2.99. The number of anilines is 1. The van der Waals surface area contributed by atoms with Gasteiger partial charge in [-0.3, -0.25) is 0 Å². The number of nitrogens with zero attached hydrogens (tertiary/aromatic N) is 3. The zero-order valence-electron chi connectivity index (χ0n) is 12.2. The number of nitriles is 1. The Morgan fingerprint density at radius 1 is 1.26 bits per heavy atom. The van der Waals surface area contributed by atoms with E-state index >= 15 is 0 Å². The number of hydrogen-bond acceptors (Lipinski definition) is 5. The van der Waals surface area contributed by atoms with Crippen LogP contribution in [0.4, 0.5) is 5.82 Å². The summed E-state index contributed by atoms with van der Waals surface area (Å²) in [4.78, 5) is 0. The minimum atomic E-state index is 0.0317. The van der Waals surface area contributed by atoms with Crippen LogP contribution in [0.25, 0.3) is 0 Å². The number of nitrogens with one attached hydrogen (secondary N) is 1. The Labute approximate surface area is 115 Å². The van der Waals surface area contributed by atoms with Gasteiger partial charge >= 0.3 is 0 Å². The predicted molar refractivity (Wildman–Crippen MR) is 76.8 cm³/mol. The highest BCUT2D eigenvalue weighted by Gasteiger charge is 2.15. The third kappa shape index (κ3) is 3.65. The van der Waals surface area contributed by atoms with Gasteiger partial charge in [0.05, 0.1) is 5.69 Å². The summed E-state index contributed by atoms with van der Waals surface area (Å²) in [6.45, 7) is 8.78. The average molecular weight is 261 g/mol. The second kappa shape index (κ2) is 7.05. The van der Waals surface area contributed by atoms with Crippen molar-refractivity contribution >= 4 is 5.82 Å². The fourth-order valence-electron chi connectivity index (χ4n) is 1.87. The third-order valence-corrected chi connectivity index (χ3v) is 3.32. The molecule has 0 saturated carbocycles. The molecule has 1 atom stereocenters. The smallest absolute Gasteiger partial charge is 0.167 e. The van der Waals surface area contributed by atoms with Gasteiger partial charge in [-0.05, 0) is 24.3 Å². The summed E-state index contributed by atoms with van der Waals surface area (Å²) < 4.78 is 0. The molecule has 0 bridgehead atoms. The molecule has 1 aromatic rings. The minimum Gasteiger partial charge on any atom is -0.366 e. The van der Waals surface area contributed by atoms with Crippen molar-refractivity contribution in [3.63, 3.8) is 0 Å². The molecule has 1 unspecified atom stereocenters. The summed E-state index contributed by atoms with van der Waals surface area (Å²) in [6.07, 6.45) is 1.57. The van der Waals surface area contributed by atoms with E-state index in [1.54, 1.807) is 0 Å². The van der Waals surface area contributed by atoms with E-state index in [1.807, 2.05) is 13.8 Å². The van der Waals surface area contributed by atoms with Crippen LogP contribution in [-0.2, 0) is 12.8 Å². The Kier molecular flexibility index (Phi) is 5.71. The van der Waals surface area contributed by atoms with Gasteiger partial charge in [0.1, 0.15) is 11.6 Å². The van der Waals surface area contributed by atoms with E-state index in [0.717, 1.165) is 24.1 Å². The molecule has 104 valence electrons. The topological polar surface area (TPSA) is 87.6 Å². The lowest BCUT2D eigenvalue weighted by Gasteiger charge is -2.17. The maximum atomic E-state index is 9.34. The van der Waals surface area contributed by atoms with Gasteiger partial charge in [-0.25, -0.2) is 0 Å². The van der Waals surface area contributed by atoms with Gasteiger partial charge in [-0.1, -0.05) is 27.7 Å². The van der Waals surface area contributed by atoms with Crippen molar-refractivity contribution < 1.29 is 0 Å². The van der Waals surface area contributed by atoms with E-state index in [1.165, 1.54) is 0 Å². The Hall–Kier alpha value is -1.67. The van der Waals surface area contributed by atoms with Gasteiger partial charge in [-0.15, -0.1) is 5.10 Å². The van der Waals surface area contributed by atoms with Gasteiger partial charge in [0.25, 0.3) is 0 Å². The fraction of sp³-hybridized carbons (Fsp3) is 0.643. The summed E-state index contributed by atoms with van der Waals surface area (Å²) in [5, 5.41) is 20.8. The van der Waals surface area contributed by atoms with Crippen molar-refractivity contribution in [2.75, 3.05) is 11.9 Å². The third-order valence-electron chi connectivity index (χ3n) is 3.32. The van der Waals surface area contributed by atoms with Crippen molar-refractivity contribution in [3.8, 4) is 6.07 Å². The number of aryl methyl sites for hydroxylation is 1. The highest BCUT2D eigenvalue weighted by Crippen LogP contribution is 2.19. The first-order valence-corrected chi connectivity index (χ1v) is 6.83. The van der Waals surface area contributed by atoms with E-state index in [9.17, 15) is 5.26 Å². The lowest BCUT2D eigenvalue weighted by Crippen LogP contribution is -2.34. The highest BCUT2D eigenvalue weighted by molar-refractivity contribution is 5.56. The van der Waals surface area contributed by atoms with Crippen molar-refractivity contribution in [1.82, 2.24) is 10.2 Å². The Morgan fingerprint density at radius 3 is 2.42 bits per heavy atom. The Morgan fingerprint density at radius 2 is 1.95 bits per heavy atom. The normalized spacial score (nSPS) is 12.3. The van der Waals surface area contributed by atoms with E-state index < -0.39 is 0 Å². The molecule has 5 nitrogen and oxygen atoms in total. The minimum absolute atomic E-state index is 0.0317. The predicted octanol–water partition coefficient (Wildman–Crippen LogP) is 1.87. The van der Waals surface area contributed by atoms with Crippen LogP contribution in [0.15, 0.2) is 0 Å². The largest absolute Gasteiger partial charge is 0.366 e. The van der Waals surface area contributed by atoms with Crippen LogP contribution in [0.3, 0.4) is 0 Å². The molecule has 0 aromatic carbocycles. The Bertz CT molecular complexity index is 462. The van der Waals surface area contributed by atoms with Crippen molar-refractivity contribution in [2.24, 2.45) is 11.7 Å². The monoisotopic (exact) mass is 261 g/mol. The van der Waals surface area contributed by atoms with Gasteiger partial charge < -0.3 is 11.1 Å². The first-order chi connectivity index (χ1) is 9.04. The molecule has 1 aromatic heterocycles. The maximum absolute atomic E-state index is 9.34. The molecule has 0 radical (unpaired) electrons. The fourth-order valence-corrected chi connectivity index (χ4v) is 1.87. The highest BCUT2D eigenvalue weighted by atomic mass is 15.2. The molecule has 3 N–H and O–H groups in total. The molecule has 5 heteroatoms. The van der Waals surface area contributed by atoms with Crippen LogP contribution in [0.2, 0.25) is 0 Å². The van der Waals surface area contributed by atoms with Gasteiger partial charge in [0.15, 0.2) is 5.82 Å². The molecule has 0 amide bonds. The van der Waals surface area contributed by atoms with Crippen LogP contribution in [-0.4, -0.2) is 22.8 Å². The summed E-state index contributed by atoms with van der Waals surface area (Å²) in [6, 6.07) is 2.27. The average Bonchev–Trinajstić information content (AvgIpc) is 2.42. The molecule has 0 saturated heterocycles. The van der Waals surface area contributed by atoms with Crippen molar-refractivity contribution in [1.29, 1.82) is 5.26 Å². The molecular weight excluding hydrogens is 238 g/mol. The lowest BCUT2D eigenvalue weighted by molar-refractivity contribution is 0.510. The first kappa shape index (κ1) is 15.4. The standard InChI is InChI=1S/C14H23N5/c1-5-10-11(7-15)14(19-18-13(10)6-2)17-8-12(16)9(3)4/h9,12H,5-6,8,16H2,1-4H3,(H,17,19). The summed E-state index contributed by atoms with van der Waals surface area (Å²) in [5.74, 6) is 0.930. The molecular formula is C14H23N5. The number of aromatic nitrogens is 2. The second-order valence-corrected chi connectivity index (χ2v) is 4.96. The first-order valence-electron chi connectivity index (χ1n) is 6.83. The van der Waals surface area contributed by atoms with Crippen molar-refractivity contribution in [2.45, 2.75) is 46.6 Å². The quantitative estimate of drug-likeness (QED) is 0.816. The van der Waals surface area contributed by atoms with Crippen LogP contribution in [0, 0.1) is 17.2 Å². The van der Waals surface area contributed by atoms with Gasteiger partial charge in [0.2, 0.25) is 0 Å².